The summed E-state index contributed by atoms with van der Waals surface area (Å²) in [5.41, 5.74) is 1.13. The van der Waals surface area contributed by atoms with E-state index in [0.717, 1.165) is 31.1 Å². The number of methoxy groups -OCH3 is 1. The lowest BCUT2D eigenvalue weighted by Crippen LogP contribution is -2.30. The van der Waals surface area contributed by atoms with Crippen molar-refractivity contribution in [2.45, 2.75) is 19.3 Å². The van der Waals surface area contributed by atoms with E-state index in [1.165, 1.54) is 30.0 Å². The zero-order valence-electron chi connectivity index (χ0n) is 12.6. The Morgan fingerprint density at radius 3 is 2.86 bits per heavy atom. The molecule has 0 saturated carbocycles. The molecule has 4 heteroatoms. The second-order valence-electron chi connectivity index (χ2n) is 5.54. The van der Waals surface area contributed by atoms with Crippen LogP contribution < -0.4 is 10.2 Å². The lowest BCUT2D eigenvalue weighted by molar-refractivity contribution is 0.211. The van der Waals surface area contributed by atoms with E-state index in [1.54, 1.807) is 7.11 Å². The second-order valence-corrected chi connectivity index (χ2v) is 5.54. The Morgan fingerprint density at radius 2 is 2.05 bits per heavy atom. The van der Waals surface area contributed by atoms with Crippen LogP contribution in [0.15, 0.2) is 30.5 Å². The number of pyridine rings is 1. The highest BCUT2D eigenvalue weighted by molar-refractivity contribution is 5.94. The number of aromatic nitrogens is 1. The molecule has 1 N–H and O–H groups in total. The maximum Gasteiger partial charge on any atom is 0.136 e. The van der Waals surface area contributed by atoms with Crippen molar-refractivity contribution in [3.8, 4) is 0 Å². The molecular weight excluding hydrogens is 262 g/mol. The van der Waals surface area contributed by atoms with Crippen molar-refractivity contribution >= 4 is 22.3 Å². The Morgan fingerprint density at radius 1 is 1.19 bits per heavy atom. The van der Waals surface area contributed by atoms with Gasteiger partial charge in [-0.3, -0.25) is 0 Å². The summed E-state index contributed by atoms with van der Waals surface area (Å²) in [6, 6.07) is 8.60. The molecule has 112 valence electrons. The molecule has 1 aromatic heterocycles. The van der Waals surface area contributed by atoms with Crippen molar-refractivity contribution < 1.29 is 4.74 Å². The Balaban J connectivity index is 1.85. The fraction of sp³-hybridized carbons (Fsp3) is 0.471. The van der Waals surface area contributed by atoms with Gasteiger partial charge < -0.3 is 15.0 Å². The van der Waals surface area contributed by atoms with E-state index in [4.69, 9.17) is 4.74 Å². The van der Waals surface area contributed by atoms with Gasteiger partial charge in [-0.05, 0) is 48.9 Å². The lowest BCUT2D eigenvalue weighted by atomic mass is 10.1. The molecule has 0 aliphatic carbocycles. The number of fused-ring (bicyclic) bond motifs is 1. The highest BCUT2D eigenvalue weighted by atomic mass is 16.5. The molecule has 2 heterocycles. The number of hydrogen-bond donors (Lipinski definition) is 1. The van der Waals surface area contributed by atoms with Gasteiger partial charge in [0, 0.05) is 44.0 Å². The first kappa shape index (κ1) is 14.1. The Hall–Kier alpha value is -1.81. The van der Waals surface area contributed by atoms with E-state index in [-0.39, 0.29) is 0 Å². The summed E-state index contributed by atoms with van der Waals surface area (Å²) in [5.74, 6) is 1.13. The minimum atomic E-state index is 0.716. The van der Waals surface area contributed by atoms with Crippen LogP contribution in [-0.2, 0) is 4.74 Å². The van der Waals surface area contributed by atoms with Gasteiger partial charge in [0.1, 0.15) is 5.82 Å². The van der Waals surface area contributed by atoms with Gasteiger partial charge in [0.05, 0.1) is 6.61 Å². The molecular formula is C17H23N3O. The predicted octanol–water partition coefficient (Wildman–Crippen LogP) is 3.28. The molecule has 1 aromatic carbocycles. The van der Waals surface area contributed by atoms with Crippen LogP contribution in [-0.4, -0.2) is 38.3 Å². The van der Waals surface area contributed by atoms with E-state index in [1.807, 2.05) is 6.20 Å². The first-order valence-electron chi connectivity index (χ1n) is 7.75. The van der Waals surface area contributed by atoms with Gasteiger partial charge >= 0.3 is 0 Å². The van der Waals surface area contributed by atoms with Gasteiger partial charge in [0.2, 0.25) is 0 Å². The maximum atomic E-state index is 5.07. The fourth-order valence-electron chi connectivity index (χ4n) is 2.93. The molecule has 1 aliphatic heterocycles. The molecule has 3 rings (SSSR count). The van der Waals surface area contributed by atoms with Crippen LogP contribution in [0, 0.1) is 0 Å². The first-order valence-corrected chi connectivity index (χ1v) is 7.75. The number of benzene rings is 1. The average Bonchev–Trinajstić information content (AvgIpc) is 2.55. The summed E-state index contributed by atoms with van der Waals surface area (Å²) in [7, 11) is 1.72. The summed E-state index contributed by atoms with van der Waals surface area (Å²) in [6.07, 6.45) is 5.81. The van der Waals surface area contributed by atoms with Gasteiger partial charge in [-0.25, -0.2) is 4.98 Å². The molecule has 4 nitrogen and oxygen atoms in total. The van der Waals surface area contributed by atoms with Crippen LogP contribution in [0.4, 0.5) is 11.5 Å². The number of anilines is 2. The zero-order valence-corrected chi connectivity index (χ0v) is 12.6. The standard InChI is InChI=1S/C17H23N3O/c1-21-12-9-18-15-5-6-16-14(13-15)7-8-19-17(16)20-10-3-2-4-11-20/h5-8,13,18H,2-4,9-12H2,1H3. The molecule has 0 spiro atoms. The number of nitrogens with zero attached hydrogens (tertiary/aromatic N) is 2. The first-order chi connectivity index (χ1) is 10.4. The van der Waals surface area contributed by atoms with E-state index in [0.29, 0.717) is 6.61 Å². The van der Waals surface area contributed by atoms with Crippen LogP contribution in [0.1, 0.15) is 19.3 Å². The largest absolute Gasteiger partial charge is 0.383 e. The predicted molar refractivity (Wildman–Crippen MR) is 88.2 cm³/mol. The number of nitrogens with one attached hydrogen (secondary N) is 1. The Kier molecular flexibility index (Phi) is 4.55. The van der Waals surface area contributed by atoms with E-state index < -0.39 is 0 Å². The van der Waals surface area contributed by atoms with Crippen LogP contribution >= 0.6 is 0 Å². The van der Waals surface area contributed by atoms with Gasteiger partial charge in [-0.15, -0.1) is 0 Å². The molecule has 1 aliphatic rings. The topological polar surface area (TPSA) is 37.4 Å². The highest BCUT2D eigenvalue weighted by Gasteiger charge is 2.14. The average molecular weight is 285 g/mol. The SMILES string of the molecule is COCCNc1ccc2c(N3CCCCC3)nccc2c1. The third-order valence-corrected chi connectivity index (χ3v) is 4.03. The van der Waals surface area contributed by atoms with Crippen LogP contribution in [0.3, 0.4) is 0 Å². The molecule has 0 unspecified atom stereocenters. The summed E-state index contributed by atoms with van der Waals surface area (Å²) >= 11 is 0. The van der Waals surface area contributed by atoms with Gasteiger partial charge in [-0.2, -0.15) is 0 Å². The lowest BCUT2D eigenvalue weighted by Gasteiger charge is -2.28. The minimum Gasteiger partial charge on any atom is -0.383 e. The normalized spacial score (nSPS) is 15.4. The summed E-state index contributed by atoms with van der Waals surface area (Å²) in [6.45, 7) is 3.79. The monoisotopic (exact) mass is 285 g/mol. The molecule has 1 fully saturated rings. The molecule has 0 bridgehead atoms. The van der Waals surface area contributed by atoms with Crippen molar-refractivity contribution in [1.29, 1.82) is 0 Å². The number of piperidine rings is 1. The fourth-order valence-corrected chi connectivity index (χ4v) is 2.93. The van der Waals surface area contributed by atoms with Crippen LogP contribution in [0.2, 0.25) is 0 Å². The summed E-state index contributed by atoms with van der Waals surface area (Å²) < 4.78 is 5.07. The second kappa shape index (κ2) is 6.76. The van der Waals surface area contributed by atoms with Gasteiger partial charge in [0.25, 0.3) is 0 Å². The van der Waals surface area contributed by atoms with Crippen LogP contribution in [0.25, 0.3) is 10.8 Å². The third-order valence-electron chi connectivity index (χ3n) is 4.03. The number of hydrogen-bond acceptors (Lipinski definition) is 4. The molecule has 1 saturated heterocycles. The summed E-state index contributed by atoms with van der Waals surface area (Å²) in [5, 5.41) is 5.87. The van der Waals surface area contributed by atoms with Crippen molar-refractivity contribution in [3.63, 3.8) is 0 Å². The molecule has 0 radical (unpaired) electrons. The van der Waals surface area contributed by atoms with Crippen molar-refractivity contribution in [2.24, 2.45) is 0 Å². The van der Waals surface area contributed by atoms with E-state index in [9.17, 15) is 0 Å². The Labute approximate surface area is 126 Å². The minimum absolute atomic E-state index is 0.716. The van der Waals surface area contributed by atoms with Crippen molar-refractivity contribution in [1.82, 2.24) is 4.98 Å². The van der Waals surface area contributed by atoms with Crippen LogP contribution in [0.5, 0.6) is 0 Å². The van der Waals surface area contributed by atoms with Crippen molar-refractivity contribution in [2.75, 3.05) is 43.6 Å². The number of rotatable bonds is 5. The van der Waals surface area contributed by atoms with E-state index in [2.05, 4.69) is 39.5 Å². The van der Waals surface area contributed by atoms with E-state index >= 15 is 0 Å². The van der Waals surface area contributed by atoms with Gasteiger partial charge in [-0.1, -0.05) is 0 Å². The Bertz CT molecular complexity index is 594. The third kappa shape index (κ3) is 3.27. The highest BCUT2D eigenvalue weighted by Crippen LogP contribution is 2.28. The quantitative estimate of drug-likeness (QED) is 0.855. The summed E-state index contributed by atoms with van der Waals surface area (Å²) in [4.78, 5) is 7.04. The van der Waals surface area contributed by atoms with Crippen molar-refractivity contribution in [3.05, 3.63) is 30.5 Å². The number of ether oxygens (including phenoxy) is 1. The molecule has 2 aromatic rings. The maximum absolute atomic E-state index is 5.07. The molecule has 0 atom stereocenters. The van der Waals surface area contributed by atoms with Gasteiger partial charge in [0.15, 0.2) is 0 Å². The molecule has 21 heavy (non-hydrogen) atoms. The zero-order chi connectivity index (χ0) is 14.5. The smallest absolute Gasteiger partial charge is 0.136 e. The molecule has 0 amide bonds.